The summed E-state index contributed by atoms with van der Waals surface area (Å²) >= 11 is 0. The highest BCUT2D eigenvalue weighted by molar-refractivity contribution is 5.94. The molecule has 144 valence electrons. The van der Waals surface area contributed by atoms with Gasteiger partial charge in [0.1, 0.15) is 25.4 Å². The van der Waals surface area contributed by atoms with Crippen molar-refractivity contribution in [2.45, 2.75) is 19.9 Å². The van der Waals surface area contributed by atoms with E-state index < -0.39 is 0 Å². The first-order chi connectivity index (χ1) is 13.6. The van der Waals surface area contributed by atoms with Crippen LogP contribution in [0.4, 0.5) is 0 Å². The molecule has 0 bridgehead atoms. The summed E-state index contributed by atoms with van der Waals surface area (Å²) in [6.45, 7) is 5.23. The van der Waals surface area contributed by atoms with Gasteiger partial charge in [-0.2, -0.15) is 0 Å². The zero-order chi connectivity index (χ0) is 19.5. The Morgan fingerprint density at radius 2 is 1.93 bits per heavy atom. The second-order valence-corrected chi connectivity index (χ2v) is 6.97. The normalized spacial score (nSPS) is 14.0. The Kier molecular flexibility index (Phi) is 4.97. The zero-order valence-electron chi connectivity index (χ0n) is 15.8. The van der Waals surface area contributed by atoms with Crippen molar-refractivity contribution in [2.75, 3.05) is 13.2 Å². The average molecular weight is 378 g/mol. The largest absolute Gasteiger partial charge is 0.486 e. The Bertz CT molecular complexity index is 970. The van der Waals surface area contributed by atoms with Crippen LogP contribution in [0.15, 0.2) is 55.2 Å². The number of carbonyl (C=O) groups is 1. The number of nitrogens with one attached hydrogen (secondary N) is 1. The molecule has 1 atom stereocenters. The van der Waals surface area contributed by atoms with Crippen molar-refractivity contribution in [3.05, 3.63) is 66.4 Å². The molecule has 1 aliphatic heterocycles. The minimum atomic E-state index is -0.159. The topological polar surface area (TPSA) is 78.3 Å². The molecular weight excluding hydrogens is 356 g/mol. The fourth-order valence-electron chi connectivity index (χ4n) is 3.21. The van der Waals surface area contributed by atoms with E-state index >= 15 is 0 Å². The lowest BCUT2D eigenvalue weighted by Crippen LogP contribution is -2.32. The van der Waals surface area contributed by atoms with Gasteiger partial charge in [0.2, 0.25) is 0 Å². The summed E-state index contributed by atoms with van der Waals surface area (Å²) in [6.07, 6.45) is 6.73. The first kappa shape index (κ1) is 18.0. The lowest BCUT2D eigenvalue weighted by atomic mass is 9.95. The third-order valence-electron chi connectivity index (χ3n) is 4.66. The molecule has 2 aromatic heterocycles. The smallest absolute Gasteiger partial charge is 0.251 e. The van der Waals surface area contributed by atoms with Crippen LogP contribution < -0.4 is 14.8 Å². The fraction of sp³-hybridized carbons (Fsp3) is 0.286. The van der Waals surface area contributed by atoms with E-state index in [0.29, 0.717) is 24.6 Å². The predicted molar refractivity (Wildman–Crippen MR) is 104 cm³/mol. The van der Waals surface area contributed by atoms with Gasteiger partial charge in [0.05, 0.1) is 6.04 Å². The number of imidazole rings is 1. The Morgan fingerprint density at radius 3 is 2.68 bits per heavy atom. The number of pyridine rings is 1. The Labute approximate surface area is 163 Å². The number of carbonyl (C=O) groups excluding carboxylic acids is 1. The quantitative estimate of drug-likeness (QED) is 0.738. The van der Waals surface area contributed by atoms with Gasteiger partial charge in [-0.3, -0.25) is 9.36 Å². The molecule has 4 rings (SSSR count). The fourth-order valence-corrected chi connectivity index (χ4v) is 3.21. The van der Waals surface area contributed by atoms with Crippen molar-refractivity contribution in [3.63, 3.8) is 0 Å². The monoisotopic (exact) mass is 378 g/mol. The van der Waals surface area contributed by atoms with Crippen molar-refractivity contribution in [1.82, 2.24) is 19.9 Å². The predicted octanol–water partition coefficient (Wildman–Crippen LogP) is 3.17. The SMILES string of the molecule is CC(C)[C@@H](NC(=O)c1ccnc(-n2ccnc2)c1)c1ccc2c(c1)OCCO2. The van der Waals surface area contributed by atoms with E-state index in [1.165, 1.54) is 0 Å². The lowest BCUT2D eigenvalue weighted by molar-refractivity contribution is 0.0925. The molecule has 0 unspecified atom stereocenters. The number of benzene rings is 1. The molecular formula is C21H22N4O3. The number of ether oxygens (including phenoxy) is 2. The maximum Gasteiger partial charge on any atom is 0.251 e. The summed E-state index contributed by atoms with van der Waals surface area (Å²) in [5.41, 5.74) is 1.53. The van der Waals surface area contributed by atoms with Crippen LogP contribution in [-0.4, -0.2) is 33.7 Å². The van der Waals surface area contributed by atoms with Gasteiger partial charge in [-0.1, -0.05) is 19.9 Å². The first-order valence-corrected chi connectivity index (χ1v) is 9.26. The van der Waals surface area contributed by atoms with Gasteiger partial charge in [0, 0.05) is 24.2 Å². The number of nitrogens with zero attached hydrogens (tertiary/aromatic N) is 3. The van der Waals surface area contributed by atoms with Crippen LogP contribution in [0.25, 0.3) is 5.82 Å². The van der Waals surface area contributed by atoms with E-state index in [0.717, 1.165) is 17.1 Å². The van der Waals surface area contributed by atoms with Crippen LogP contribution in [0, 0.1) is 5.92 Å². The molecule has 0 spiro atoms. The van der Waals surface area contributed by atoms with E-state index in [-0.39, 0.29) is 17.9 Å². The number of hydrogen-bond donors (Lipinski definition) is 1. The van der Waals surface area contributed by atoms with Crippen molar-refractivity contribution in [3.8, 4) is 17.3 Å². The van der Waals surface area contributed by atoms with Crippen LogP contribution in [0.5, 0.6) is 11.5 Å². The van der Waals surface area contributed by atoms with E-state index in [2.05, 4.69) is 29.1 Å². The summed E-state index contributed by atoms with van der Waals surface area (Å²) in [4.78, 5) is 21.2. The highest BCUT2D eigenvalue weighted by Crippen LogP contribution is 2.34. The number of fused-ring (bicyclic) bond motifs is 1. The number of hydrogen-bond acceptors (Lipinski definition) is 5. The first-order valence-electron chi connectivity index (χ1n) is 9.26. The summed E-state index contributed by atoms with van der Waals surface area (Å²) in [7, 11) is 0. The van der Waals surface area contributed by atoms with Crippen molar-refractivity contribution < 1.29 is 14.3 Å². The highest BCUT2D eigenvalue weighted by Gasteiger charge is 2.22. The van der Waals surface area contributed by atoms with E-state index in [1.807, 2.05) is 18.2 Å². The second kappa shape index (κ2) is 7.72. The third kappa shape index (κ3) is 3.69. The minimum Gasteiger partial charge on any atom is -0.486 e. The molecule has 7 heteroatoms. The van der Waals surface area contributed by atoms with E-state index in [1.54, 1.807) is 41.6 Å². The van der Waals surface area contributed by atoms with Gasteiger partial charge >= 0.3 is 0 Å². The molecule has 3 heterocycles. The molecule has 0 saturated heterocycles. The van der Waals surface area contributed by atoms with Crippen molar-refractivity contribution in [1.29, 1.82) is 0 Å². The van der Waals surface area contributed by atoms with Crippen LogP contribution in [-0.2, 0) is 0 Å². The van der Waals surface area contributed by atoms with Crippen molar-refractivity contribution in [2.24, 2.45) is 5.92 Å². The van der Waals surface area contributed by atoms with Gasteiger partial charge in [-0.25, -0.2) is 9.97 Å². The van der Waals surface area contributed by atoms with E-state index in [9.17, 15) is 4.79 Å². The Morgan fingerprint density at radius 1 is 1.11 bits per heavy atom. The minimum absolute atomic E-state index is 0.155. The van der Waals surface area contributed by atoms with Crippen molar-refractivity contribution >= 4 is 5.91 Å². The number of rotatable bonds is 5. The van der Waals surface area contributed by atoms with Gasteiger partial charge in [-0.05, 0) is 35.7 Å². The number of aromatic nitrogens is 3. The molecule has 0 fully saturated rings. The van der Waals surface area contributed by atoms with Crippen LogP contribution >= 0.6 is 0 Å². The molecule has 0 radical (unpaired) electrons. The lowest BCUT2D eigenvalue weighted by Gasteiger charge is -2.25. The summed E-state index contributed by atoms with van der Waals surface area (Å²) in [6, 6.07) is 9.11. The molecule has 0 saturated carbocycles. The Balaban J connectivity index is 1.57. The van der Waals surface area contributed by atoms with Crippen LogP contribution in [0.3, 0.4) is 0 Å². The molecule has 1 amide bonds. The summed E-state index contributed by atoms with van der Waals surface area (Å²) in [5, 5.41) is 3.14. The van der Waals surface area contributed by atoms with Gasteiger partial charge < -0.3 is 14.8 Å². The molecule has 3 aromatic rings. The molecule has 1 aromatic carbocycles. The van der Waals surface area contributed by atoms with E-state index in [4.69, 9.17) is 9.47 Å². The van der Waals surface area contributed by atoms with Gasteiger partial charge in [0.25, 0.3) is 5.91 Å². The van der Waals surface area contributed by atoms with Gasteiger partial charge in [-0.15, -0.1) is 0 Å². The highest BCUT2D eigenvalue weighted by atomic mass is 16.6. The second-order valence-electron chi connectivity index (χ2n) is 6.97. The van der Waals surface area contributed by atoms with Crippen LogP contribution in [0.1, 0.15) is 35.8 Å². The summed E-state index contributed by atoms with van der Waals surface area (Å²) in [5.74, 6) is 2.14. The summed E-state index contributed by atoms with van der Waals surface area (Å²) < 4.78 is 13.0. The molecule has 28 heavy (non-hydrogen) atoms. The van der Waals surface area contributed by atoms with Gasteiger partial charge in [0.15, 0.2) is 11.5 Å². The maximum atomic E-state index is 12.9. The standard InChI is InChI=1S/C21H22N4O3/c1-14(2)20(15-3-4-17-18(11-15)28-10-9-27-17)24-21(26)16-5-6-23-19(12-16)25-8-7-22-13-25/h3-8,11-14,20H,9-10H2,1-2H3,(H,24,26)/t20-/m1/s1. The zero-order valence-corrected chi connectivity index (χ0v) is 15.8. The molecule has 1 aliphatic rings. The Hall–Kier alpha value is -3.35. The molecule has 1 N–H and O–H groups in total. The molecule has 7 nitrogen and oxygen atoms in total. The number of amides is 1. The third-order valence-corrected chi connectivity index (χ3v) is 4.66. The molecule has 0 aliphatic carbocycles. The average Bonchev–Trinajstić information content (AvgIpc) is 3.26. The van der Waals surface area contributed by atoms with Crippen LogP contribution in [0.2, 0.25) is 0 Å². The maximum absolute atomic E-state index is 12.9.